The summed E-state index contributed by atoms with van der Waals surface area (Å²) in [6.07, 6.45) is 5.61. The number of aliphatic imine (C=N–C) groups is 3. The Labute approximate surface area is 238 Å². The molecule has 9 heteroatoms. The minimum atomic E-state index is -0.344. The van der Waals surface area contributed by atoms with Gasteiger partial charge in [0.05, 0.1) is 10.7 Å². The summed E-state index contributed by atoms with van der Waals surface area (Å²) in [4.78, 5) is 29.8. The summed E-state index contributed by atoms with van der Waals surface area (Å²) in [5, 5.41) is 1.00. The van der Waals surface area contributed by atoms with Crippen molar-refractivity contribution in [3.63, 3.8) is 0 Å². The third-order valence-electron chi connectivity index (χ3n) is 7.60. The number of hydrogen-bond acceptors (Lipinski definition) is 9. The van der Waals surface area contributed by atoms with E-state index in [0.29, 0.717) is 36.5 Å². The van der Waals surface area contributed by atoms with Crippen LogP contribution in [0, 0.1) is 17.3 Å². The van der Waals surface area contributed by atoms with Gasteiger partial charge in [-0.2, -0.15) is 0 Å². The molecule has 1 aromatic rings. The first-order valence-electron chi connectivity index (χ1n) is 14.1. The average molecular weight is 558 g/mol. The molecule has 0 saturated heterocycles. The van der Waals surface area contributed by atoms with Crippen LogP contribution in [0.4, 0.5) is 5.69 Å². The Bertz CT molecular complexity index is 1090. The van der Waals surface area contributed by atoms with Crippen LogP contribution < -0.4 is 20.1 Å². The summed E-state index contributed by atoms with van der Waals surface area (Å²) in [5.74, 6) is 3.21. The van der Waals surface area contributed by atoms with Crippen LogP contribution in [0.2, 0.25) is 0 Å². The van der Waals surface area contributed by atoms with Crippen molar-refractivity contribution in [1.29, 1.82) is 0 Å². The lowest BCUT2D eigenvalue weighted by molar-refractivity contribution is -0.127. The van der Waals surface area contributed by atoms with Crippen molar-refractivity contribution in [2.24, 2.45) is 38.0 Å². The molecule has 2 aliphatic rings. The van der Waals surface area contributed by atoms with Crippen LogP contribution in [-0.4, -0.2) is 56.0 Å². The fourth-order valence-corrected chi connectivity index (χ4v) is 5.94. The summed E-state index contributed by atoms with van der Waals surface area (Å²) in [7, 11) is 4.05. The molecule has 0 fully saturated rings. The average Bonchev–Trinajstić information content (AvgIpc) is 3.33. The second-order valence-corrected chi connectivity index (χ2v) is 12.9. The number of fused-ring (bicyclic) bond motifs is 1. The van der Waals surface area contributed by atoms with E-state index in [4.69, 9.17) is 20.2 Å². The van der Waals surface area contributed by atoms with E-state index in [1.54, 1.807) is 11.8 Å². The number of nitrogens with two attached hydrogens (primary N) is 1. The third-order valence-corrected chi connectivity index (χ3v) is 8.65. The van der Waals surface area contributed by atoms with E-state index < -0.39 is 0 Å². The predicted octanol–water partition coefficient (Wildman–Crippen LogP) is 6.36. The maximum absolute atomic E-state index is 12.7. The number of thioether (sulfide) groups is 1. The summed E-state index contributed by atoms with van der Waals surface area (Å²) < 4.78 is 11.3. The number of hydrogen-bond donors (Lipinski definition) is 1. The molecule has 8 nitrogen and oxygen atoms in total. The van der Waals surface area contributed by atoms with E-state index in [-0.39, 0.29) is 18.2 Å². The molecule has 0 saturated carbocycles. The van der Waals surface area contributed by atoms with Crippen LogP contribution in [0.5, 0.6) is 11.5 Å². The van der Waals surface area contributed by atoms with E-state index in [0.717, 1.165) is 64.9 Å². The fraction of sp³-hybridized carbons (Fsp3) is 0.667. The molecule has 3 atom stereocenters. The van der Waals surface area contributed by atoms with Crippen molar-refractivity contribution in [2.75, 3.05) is 32.5 Å². The number of anilines is 1. The van der Waals surface area contributed by atoms with Crippen LogP contribution in [0.3, 0.4) is 0 Å². The Kier molecular flexibility index (Phi) is 10.9. The third kappa shape index (κ3) is 8.47. The van der Waals surface area contributed by atoms with Gasteiger partial charge in [0.2, 0.25) is 6.79 Å². The number of ether oxygens (including phenoxy) is 2. The molecule has 216 valence electrons. The highest BCUT2D eigenvalue weighted by Gasteiger charge is 2.26. The maximum Gasteiger partial charge on any atom is 0.231 e. The lowest BCUT2D eigenvalue weighted by atomic mass is 9.81. The van der Waals surface area contributed by atoms with Gasteiger partial charge in [-0.25, -0.2) is 4.99 Å². The highest BCUT2D eigenvalue weighted by atomic mass is 32.2. The van der Waals surface area contributed by atoms with Gasteiger partial charge in [-0.15, -0.1) is 0 Å². The van der Waals surface area contributed by atoms with Gasteiger partial charge in [-0.1, -0.05) is 59.2 Å². The lowest BCUT2D eigenvalue weighted by Gasteiger charge is -2.24. The molecule has 0 bridgehead atoms. The Balaban J connectivity index is 1.85. The van der Waals surface area contributed by atoms with Crippen molar-refractivity contribution < 1.29 is 14.3 Å². The zero-order valence-electron chi connectivity index (χ0n) is 25.0. The summed E-state index contributed by atoms with van der Waals surface area (Å²) in [6, 6.07) is 3.73. The number of ketones is 1. The van der Waals surface area contributed by atoms with Gasteiger partial charge < -0.3 is 20.1 Å². The lowest BCUT2D eigenvalue weighted by Crippen LogP contribution is -2.36. The zero-order valence-corrected chi connectivity index (χ0v) is 25.9. The van der Waals surface area contributed by atoms with Crippen LogP contribution in [0.25, 0.3) is 0 Å². The first kappa shape index (κ1) is 31.0. The number of nitrogens with zero attached hydrogens (tertiary/aromatic N) is 4. The Morgan fingerprint density at radius 2 is 1.72 bits per heavy atom. The molecule has 1 aromatic carbocycles. The Morgan fingerprint density at radius 1 is 1.10 bits per heavy atom. The number of rotatable bonds is 12. The van der Waals surface area contributed by atoms with E-state index in [2.05, 4.69) is 28.7 Å². The molecule has 0 aliphatic carbocycles. The SMILES string of the molecule is CCC(CCC(CC)CC(=NC1C(C)=NCN=C1N)Sc1cc2c(cc1N(C)C)OCO2)CC(=O)C(C)(C)C. The number of carbonyl (C=O) groups excluding carboxylic acids is 1. The molecule has 0 spiro atoms. The molecular formula is C30H47N5O3S. The van der Waals surface area contributed by atoms with E-state index in [1.165, 1.54) is 0 Å². The Morgan fingerprint density at radius 3 is 2.28 bits per heavy atom. The van der Waals surface area contributed by atoms with Crippen LogP contribution >= 0.6 is 11.8 Å². The van der Waals surface area contributed by atoms with E-state index in [1.807, 2.05) is 53.9 Å². The number of amidine groups is 1. The summed E-state index contributed by atoms with van der Waals surface area (Å²) >= 11 is 1.66. The quantitative estimate of drug-likeness (QED) is 0.182. The molecule has 3 unspecified atom stereocenters. The topological polar surface area (TPSA) is 102 Å². The van der Waals surface area contributed by atoms with Gasteiger partial charge in [0.15, 0.2) is 11.5 Å². The van der Waals surface area contributed by atoms with Crippen LogP contribution in [0.1, 0.15) is 80.1 Å². The van der Waals surface area contributed by atoms with Crippen molar-refractivity contribution in [2.45, 2.75) is 91.0 Å². The second-order valence-electron chi connectivity index (χ2n) is 11.8. The van der Waals surface area contributed by atoms with Gasteiger partial charge in [0.1, 0.15) is 24.3 Å². The standard InChI is InChI=1S/C30H47N5O3S/c1-9-20(13-26(36)30(4,5)6)11-12-21(10-2)14-27(34-28-19(3)32-17-33-29(28)31)39-25-16-24-23(37-18-38-24)15-22(25)35(7)8/h15-16,20-21,28H,9-14,17-18H2,1-8H3,(H2,31,33). The van der Waals surface area contributed by atoms with Gasteiger partial charge >= 0.3 is 0 Å². The highest BCUT2D eigenvalue weighted by Crippen LogP contribution is 2.43. The normalized spacial score (nSPS) is 18.9. The maximum atomic E-state index is 12.7. The van der Waals surface area contributed by atoms with Gasteiger partial charge in [-0.3, -0.25) is 14.8 Å². The summed E-state index contributed by atoms with van der Waals surface area (Å²) in [5.41, 5.74) is 7.95. The first-order chi connectivity index (χ1) is 18.4. The number of carbonyl (C=O) groups is 1. The number of benzene rings is 1. The molecule has 2 N–H and O–H groups in total. The fourth-order valence-electron chi connectivity index (χ4n) is 4.70. The van der Waals surface area contributed by atoms with Crippen LogP contribution in [0.15, 0.2) is 32.0 Å². The zero-order chi connectivity index (χ0) is 28.7. The monoisotopic (exact) mass is 557 g/mol. The van der Waals surface area contributed by atoms with Crippen molar-refractivity contribution in [1.82, 2.24) is 0 Å². The minimum absolute atomic E-state index is 0.232. The van der Waals surface area contributed by atoms with Crippen LogP contribution in [-0.2, 0) is 4.79 Å². The smallest absolute Gasteiger partial charge is 0.231 e. The molecule has 0 aromatic heterocycles. The first-order valence-corrected chi connectivity index (χ1v) is 14.9. The van der Waals surface area contributed by atoms with E-state index >= 15 is 0 Å². The highest BCUT2D eigenvalue weighted by molar-refractivity contribution is 8.14. The molecule has 2 heterocycles. The van der Waals surface area contributed by atoms with Crippen molar-refractivity contribution in [3.05, 3.63) is 12.1 Å². The van der Waals surface area contributed by atoms with Gasteiger partial charge in [0, 0.05) is 48.7 Å². The summed E-state index contributed by atoms with van der Waals surface area (Å²) in [6.45, 7) is 13.0. The molecule has 2 aliphatic heterocycles. The molecule has 3 rings (SSSR count). The van der Waals surface area contributed by atoms with Crippen molar-refractivity contribution >= 4 is 39.8 Å². The molecule has 0 amide bonds. The number of Topliss-reactive ketones (excluding diaryl/α,β-unsaturated/α-hetero) is 1. The molecule has 0 radical (unpaired) electrons. The van der Waals surface area contributed by atoms with Crippen molar-refractivity contribution in [3.8, 4) is 11.5 Å². The Hall–Kier alpha value is -2.55. The largest absolute Gasteiger partial charge is 0.454 e. The molecule has 39 heavy (non-hydrogen) atoms. The van der Waals surface area contributed by atoms with E-state index in [9.17, 15) is 4.79 Å². The van der Waals surface area contributed by atoms with Gasteiger partial charge in [-0.05, 0) is 38.0 Å². The van der Waals surface area contributed by atoms with Gasteiger partial charge in [0.25, 0.3) is 0 Å². The molecular weight excluding hydrogens is 510 g/mol. The minimum Gasteiger partial charge on any atom is -0.454 e. The predicted molar refractivity (Wildman–Crippen MR) is 164 cm³/mol. The second kappa shape index (κ2) is 13.7.